The first kappa shape index (κ1) is 18.2. The van der Waals surface area contributed by atoms with Gasteiger partial charge in [-0.15, -0.1) is 0 Å². The number of carbonyl (C=O) groups is 2. The molecule has 29 heavy (non-hydrogen) atoms. The van der Waals surface area contributed by atoms with Gasteiger partial charge in [0.1, 0.15) is 6.04 Å². The van der Waals surface area contributed by atoms with Gasteiger partial charge in [0.05, 0.1) is 13.2 Å². The van der Waals surface area contributed by atoms with Crippen LogP contribution < -0.4 is 0 Å². The van der Waals surface area contributed by atoms with Crippen LogP contribution in [0.15, 0.2) is 48.5 Å². The maximum Gasteiger partial charge on any atom is 0.411 e. The number of rotatable bonds is 6. The van der Waals surface area contributed by atoms with Crippen LogP contribution in [0.2, 0.25) is 0 Å². The van der Waals surface area contributed by atoms with E-state index in [0.29, 0.717) is 11.8 Å². The average molecular weight is 391 g/mol. The monoisotopic (exact) mass is 391 g/mol. The Hall–Kier alpha value is -2.82. The molecule has 0 bridgehead atoms. The van der Waals surface area contributed by atoms with Gasteiger partial charge in [0.2, 0.25) is 0 Å². The summed E-state index contributed by atoms with van der Waals surface area (Å²) in [5.41, 5.74) is 4.05. The number of methoxy groups -OCH3 is 1. The summed E-state index contributed by atoms with van der Waals surface area (Å²) in [6.45, 7) is 0. The summed E-state index contributed by atoms with van der Waals surface area (Å²) < 4.78 is 5.16. The molecule has 2 fully saturated rings. The van der Waals surface area contributed by atoms with Crippen molar-refractivity contribution in [1.82, 2.24) is 4.90 Å². The Morgan fingerprint density at radius 2 is 1.41 bits per heavy atom. The van der Waals surface area contributed by atoms with Gasteiger partial charge in [-0.1, -0.05) is 48.5 Å². The molecule has 0 saturated heterocycles. The number of fused-ring (bicyclic) bond motifs is 3. The van der Waals surface area contributed by atoms with Gasteiger partial charge in [0.25, 0.3) is 0 Å². The molecule has 1 amide bonds. The van der Waals surface area contributed by atoms with E-state index in [1.165, 1.54) is 12.0 Å². The zero-order valence-corrected chi connectivity index (χ0v) is 16.5. The summed E-state index contributed by atoms with van der Waals surface area (Å²) in [7, 11) is 1.34. The molecule has 0 spiro atoms. The Morgan fingerprint density at radius 1 is 0.931 bits per heavy atom. The van der Waals surface area contributed by atoms with Gasteiger partial charge in [0.15, 0.2) is 0 Å². The van der Waals surface area contributed by atoms with Crippen LogP contribution in [0, 0.1) is 17.8 Å². The summed E-state index contributed by atoms with van der Waals surface area (Å²) in [5, 5.41) is 10.3. The van der Waals surface area contributed by atoms with Crippen LogP contribution in [0.4, 0.5) is 4.79 Å². The number of benzene rings is 2. The highest BCUT2D eigenvalue weighted by Gasteiger charge is 2.53. The second kappa shape index (κ2) is 6.90. The van der Waals surface area contributed by atoms with E-state index in [9.17, 15) is 14.7 Å². The van der Waals surface area contributed by atoms with Crippen LogP contribution >= 0.6 is 0 Å². The first-order chi connectivity index (χ1) is 14.1. The van der Waals surface area contributed by atoms with Gasteiger partial charge in [0, 0.05) is 0 Å². The minimum Gasteiger partial charge on any atom is -0.480 e. The van der Waals surface area contributed by atoms with Crippen LogP contribution in [-0.2, 0) is 9.53 Å². The molecule has 2 aromatic rings. The smallest absolute Gasteiger partial charge is 0.411 e. The summed E-state index contributed by atoms with van der Waals surface area (Å²) >= 11 is 0. The normalized spacial score (nSPS) is 18.8. The van der Waals surface area contributed by atoms with Crippen molar-refractivity contribution in [3.05, 3.63) is 59.7 Å². The Labute approximate surface area is 170 Å². The Bertz CT molecular complexity index is 905. The quantitative estimate of drug-likeness (QED) is 0.774. The summed E-state index contributed by atoms with van der Waals surface area (Å²) in [6.07, 6.45) is 3.64. The molecule has 5 heteroatoms. The summed E-state index contributed by atoms with van der Waals surface area (Å²) in [4.78, 5) is 27.2. The van der Waals surface area contributed by atoms with Crippen molar-refractivity contribution in [2.24, 2.45) is 17.8 Å². The van der Waals surface area contributed by atoms with E-state index >= 15 is 0 Å². The largest absolute Gasteiger partial charge is 0.480 e. The third kappa shape index (κ3) is 3.00. The molecule has 0 radical (unpaired) electrons. The molecule has 1 atom stereocenters. The maximum absolute atomic E-state index is 13.1. The first-order valence-electron chi connectivity index (χ1n) is 10.4. The minimum absolute atomic E-state index is 0.00785. The lowest BCUT2D eigenvalue weighted by molar-refractivity contribution is -0.146. The van der Waals surface area contributed by atoms with Crippen LogP contribution in [-0.4, -0.2) is 35.2 Å². The van der Waals surface area contributed by atoms with E-state index in [1.54, 1.807) is 0 Å². The lowest BCUT2D eigenvalue weighted by atomic mass is 9.86. The number of nitrogens with zero attached hydrogens (tertiary/aromatic N) is 1. The zero-order chi connectivity index (χ0) is 20.1. The molecule has 3 aliphatic rings. The molecular formula is C24H25NO4. The molecule has 0 aliphatic heterocycles. The van der Waals surface area contributed by atoms with Crippen LogP contribution in [0.3, 0.4) is 0 Å². The maximum atomic E-state index is 13.1. The molecule has 0 unspecified atom stereocenters. The number of hydrogen-bond acceptors (Lipinski definition) is 3. The van der Waals surface area contributed by atoms with Crippen molar-refractivity contribution in [3.63, 3.8) is 0 Å². The number of carboxylic acid groups (broad SMARTS) is 1. The highest BCUT2D eigenvalue weighted by atomic mass is 16.5. The zero-order valence-electron chi connectivity index (χ0n) is 16.5. The fourth-order valence-electron chi connectivity index (χ4n) is 5.25. The number of carbonyl (C=O) groups excluding carboxylic acids is 1. The van der Waals surface area contributed by atoms with Crippen LogP contribution in [0.25, 0.3) is 11.1 Å². The van der Waals surface area contributed by atoms with E-state index in [4.69, 9.17) is 4.74 Å². The van der Waals surface area contributed by atoms with Gasteiger partial charge in [-0.25, -0.2) is 9.59 Å². The molecule has 0 aromatic heterocycles. The molecule has 0 heterocycles. The fraction of sp³-hybridized carbons (Fsp3) is 0.417. The van der Waals surface area contributed by atoms with Crippen molar-refractivity contribution >= 4 is 12.1 Å². The lowest BCUT2D eigenvalue weighted by Crippen LogP contribution is -2.52. The van der Waals surface area contributed by atoms with Gasteiger partial charge in [-0.2, -0.15) is 0 Å². The molecule has 5 nitrogen and oxygen atoms in total. The van der Waals surface area contributed by atoms with Gasteiger partial charge >= 0.3 is 12.1 Å². The fourth-order valence-corrected chi connectivity index (χ4v) is 5.25. The Kier molecular flexibility index (Phi) is 4.34. The SMILES string of the molecule is COC(=O)N(C1c2ccccc2-c2ccccc21)[C@H](C(=O)O)C(C1CC1)C1CC1. The van der Waals surface area contributed by atoms with Crippen LogP contribution in [0.1, 0.15) is 42.9 Å². The minimum atomic E-state index is -0.930. The predicted octanol–water partition coefficient (Wildman–Crippen LogP) is 4.71. The Morgan fingerprint density at radius 3 is 1.83 bits per heavy atom. The summed E-state index contributed by atoms with van der Waals surface area (Å²) in [5.74, 6) is -0.155. The lowest BCUT2D eigenvalue weighted by Gasteiger charge is -2.38. The molecule has 2 saturated carbocycles. The third-order valence-electron chi connectivity index (χ3n) is 6.71. The van der Waals surface area contributed by atoms with Gasteiger partial charge < -0.3 is 9.84 Å². The molecule has 150 valence electrons. The third-order valence-corrected chi connectivity index (χ3v) is 6.71. The van der Waals surface area contributed by atoms with E-state index in [2.05, 4.69) is 0 Å². The molecular weight excluding hydrogens is 366 g/mol. The van der Waals surface area contributed by atoms with Crippen molar-refractivity contribution in [1.29, 1.82) is 0 Å². The van der Waals surface area contributed by atoms with E-state index in [0.717, 1.165) is 47.9 Å². The molecule has 1 N–H and O–H groups in total. The van der Waals surface area contributed by atoms with Crippen molar-refractivity contribution in [3.8, 4) is 11.1 Å². The standard InChI is InChI=1S/C24H25NO4/c1-29-24(28)25(22(23(26)27)20(14-10-11-14)15-12-13-15)21-18-8-4-2-6-16(18)17-7-3-5-9-19(17)21/h2-9,14-15,20-22H,10-13H2,1H3,(H,26,27)/t22-/m0/s1. The number of aliphatic carboxylic acids is 1. The highest BCUT2D eigenvalue weighted by Crippen LogP contribution is 2.54. The molecule has 3 aliphatic carbocycles. The van der Waals surface area contributed by atoms with E-state index in [1.807, 2.05) is 48.5 Å². The molecule has 5 rings (SSSR count). The van der Waals surface area contributed by atoms with Gasteiger partial charge in [-0.05, 0) is 65.7 Å². The van der Waals surface area contributed by atoms with Crippen molar-refractivity contribution in [2.45, 2.75) is 37.8 Å². The molecule has 2 aromatic carbocycles. The van der Waals surface area contributed by atoms with Gasteiger partial charge in [-0.3, -0.25) is 4.90 Å². The number of ether oxygens (including phenoxy) is 1. The second-order valence-corrected chi connectivity index (χ2v) is 8.49. The van der Waals surface area contributed by atoms with Crippen molar-refractivity contribution < 1.29 is 19.4 Å². The van der Waals surface area contributed by atoms with E-state index < -0.39 is 24.1 Å². The number of hydrogen-bond donors (Lipinski definition) is 1. The topological polar surface area (TPSA) is 66.8 Å². The second-order valence-electron chi connectivity index (χ2n) is 8.49. The first-order valence-corrected chi connectivity index (χ1v) is 10.4. The highest BCUT2D eigenvalue weighted by molar-refractivity contribution is 5.85. The predicted molar refractivity (Wildman–Crippen MR) is 108 cm³/mol. The van der Waals surface area contributed by atoms with E-state index in [-0.39, 0.29) is 5.92 Å². The number of amides is 1. The number of carboxylic acids is 1. The summed E-state index contributed by atoms with van der Waals surface area (Å²) in [6, 6.07) is 14.6. The average Bonchev–Trinajstić information content (AvgIpc) is 3.66. The van der Waals surface area contributed by atoms with Crippen LogP contribution in [0.5, 0.6) is 0 Å². The Balaban J connectivity index is 1.66. The van der Waals surface area contributed by atoms with Crippen molar-refractivity contribution in [2.75, 3.05) is 7.11 Å².